The lowest BCUT2D eigenvalue weighted by atomic mass is 10.3. The van der Waals surface area contributed by atoms with E-state index >= 15 is 0 Å². The first-order chi connectivity index (χ1) is 8.24. The molecule has 0 unspecified atom stereocenters. The highest BCUT2D eigenvalue weighted by Gasteiger charge is 2.13. The number of thiazole rings is 1. The largest absolute Gasteiger partial charge is 0.360 e. The van der Waals surface area contributed by atoms with E-state index in [2.05, 4.69) is 34.3 Å². The SMILES string of the molecule is CCCc1nc(C)c(-c2nnc(NCC)s2)s1. The Labute approximate surface area is 109 Å². The van der Waals surface area contributed by atoms with Gasteiger partial charge in [0.2, 0.25) is 5.13 Å². The number of aryl methyl sites for hydroxylation is 2. The van der Waals surface area contributed by atoms with Crippen LogP contribution in [0.5, 0.6) is 0 Å². The Morgan fingerprint density at radius 1 is 1.18 bits per heavy atom. The maximum Gasteiger partial charge on any atom is 0.206 e. The Balaban J connectivity index is 2.25. The van der Waals surface area contributed by atoms with Gasteiger partial charge in [0.15, 0.2) is 5.01 Å². The minimum absolute atomic E-state index is 0.872. The van der Waals surface area contributed by atoms with Crippen LogP contribution < -0.4 is 5.32 Å². The summed E-state index contributed by atoms with van der Waals surface area (Å²) < 4.78 is 0. The third kappa shape index (κ3) is 2.81. The number of anilines is 1. The van der Waals surface area contributed by atoms with Crippen LogP contribution in [0.2, 0.25) is 0 Å². The Kier molecular flexibility index (Phi) is 4.06. The fourth-order valence-electron chi connectivity index (χ4n) is 1.51. The van der Waals surface area contributed by atoms with E-state index in [-0.39, 0.29) is 0 Å². The van der Waals surface area contributed by atoms with Crippen LogP contribution in [0.3, 0.4) is 0 Å². The van der Waals surface area contributed by atoms with Crippen molar-refractivity contribution >= 4 is 27.8 Å². The lowest BCUT2D eigenvalue weighted by Gasteiger charge is -1.91. The molecule has 1 N–H and O–H groups in total. The summed E-state index contributed by atoms with van der Waals surface area (Å²) in [7, 11) is 0. The highest BCUT2D eigenvalue weighted by atomic mass is 32.1. The predicted molar refractivity (Wildman–Crippen MR) is 73.9 cm³/mol. The maximum absolute atomic E-state index is 4.57. The van der Waals surface area contributed by atoms with E-state index in [1.165, 1.54) is 5.01 Å². The van der Waals surface area contributed by atoms with E-state index < -0.39 is 0 Å². The third-order valence-corrected chi connectivity index (χ3v) is 4.50. The van der Waals surface area contributed by atoms with Gasteiger partial charge in [-0.3, -0.25) is 0 Å². The molecule has 0 atom stereocenters. The summed E-state index contributed by atoms with van der Waals surface area (Å²) in [5.41, 5.74) is 1.07. The molecule has 0 saturated carbocycles. The molecule has 0 radical (unpaired) electrons. The molecule has 0 saturated heterocycles. The first-order valence-electron chi connectivity index (χ1n) is 5.78. The van der Waals surface area contributed by atoms with Crippen molar-refractivity contribution in [2.45, 2.75) is 33.6 Å². The molecule has 6 heteroatoms. The molecule has 17 heavy (non-hydrogen) atoms. The molecular formula is C11H16N4S2. The van der Waals surface area contributed by atoms with Crippen LogP contribution in [0, 0.1) is 6.92 Å². The van der Waals surface area contributed by atoms with Crippen molar-refractivity contribution in [1.29, 1.82) is 0 Å². The highest BCUT2D eigenvalue weighted by molar-refractivity contribution is 7.23. The van der Waals surface area contributed by atoms with Gasteiger partial charge in [-0.1, -0.05) is 18.3 Å². The lowest BCUT2D eigenvalue weighted by molar-refractivity contribution is 0.903. The van der Waals surface area contributed by atoms with E-state index in [1.807, 2.05) is 6.92 Å². The van der Waals surface area contributed by atoms with Crippen molar-refractivity contribution < 1.29 is 0 Å². The second kappa shape index (κ2) is 5.55. The first-order valence-corrected chi connectivity index (χ1v) is 7.42. The van der Waals surface area contributed by atoms with Crippen molar-refractivity contribution in [3.63, 3.8) is 0 Å². The van der Waals surface area contributed by atoms with Crippen LogP contribution in [0.15, 0.2) is 0 Å². The predicted octanol–water partition coefficient (Wildman–Crippen LogP) is 3.35. The van der Waals surface area contributed by atoms with E-state index in [4.69, 9.17) is 0 Å². The third-order valence-electron chi connectivity index (χ3n) is 2.25. The molecule has 0 aliphatic rings. The molecule has 92 valence electrons. The molecule has 0 amide bonds. The minimum atomic E-state index is 0.872. The van der Waals surface area contributed by atoms with Crippen LogP contribution >= 0.6 is 22.7 Å². The summed E-state index contributed by atoms with van der Waals surface area (Å²) in [4.78, 5) is 5.73. The zero-order valence-corrected chi connectivity index (χ0v) is 11.9. The van der Waals surface area contributed by atoms with Gasteiger partial charge in [0.25, 0.3) is 0 Å². The number of aromatic nitrogens is 3. The van der Waals surface area contributed by atoms with E-state index in [0.29, 0.717) is 0 Å². The van der Waals surface area contributed by atoms with E-state index in [0.717, 1.165) is 40.1 Å². The summed E-state index contributed by atoms with van der Waals surface area (Å²) in [5.74, 6) is 0. The van der Waals surface area contributed by atoms with Gasteiger partial charge in [0.05, 0.1) is 15.6 Å². The van der Waals surface area contributed by atoms with Crippen molar-refractivity contribution in [3.8, 4) is 9.88 Å². The molecule has 4 nitrogen and oxygen atoms in total. The average molecular weight is 268 g/mol. The number of nitrogens with one attached hydrogen (secondary N) is 1. The molecule has 2 heterocycles. The Morgan fingerprint density at radius 3 is 2.71 bits per heavy atom. The fourth-order valence-corrected chi connectivity index (χ4v) is 3.61. The number of hydrogen-bond donors (Lipinski definition) is 1. The molecule has 2 rings (SSSR count). The van der Waals surface area contributed by atoms with Crippen molar-refractivity contribution in [3.05, 3.63) is 10.7 Å². The molecule has 0 bridgehead atoms. The van der Waals surface area contributed by atoms with Gasteiger partial charge in [-0.2, -0.15) is 0 Å². The highest BCUT2D eigenvalue weighted by Crippen LogP contribution is 2.33. The number of rotatable bonds is 5. The van der Waals surface area contributed by atoms with Gasteiger partial charge in [0.1, 0.15) is 0 Å². The first kappa shape index (κ1) is 12.4. The van der Waals surface area contributed by atoms with Crippen LogP contribution in [-0.4, -0.2) is 21.7 Å². The van der Waals surface area contributed by atoms with Gasteiger partial charge in [-0.25, -0.2) is 4.98 Å². The van der Waals surface area contributed by atoms with Gasteiger partial charge in [-0.15, -0.1) is 21.5 Å². The Hall–Kier alpha value is -1.01. The minimum Gasteiger partial charge on any atom is -0.360 e. The monoisotopic (exact) mass is 268 g/mol. The Bertz CT molecular complexity index is 489. The van der Waals surface area contributed by atoms with Crippen molar-refractivity contribution in [2.75, 3.05) is 11.9 Å². The molecule has 2 aromatic heterocycles. The Morgan fingerprint density at radius 2 is 2.00 bits per heavy atom. The van der Waals surface area contributed by atoms with Crippen molar-refractivity contribution in [2.24, 2.45) is 0 Å². The number of hydrogen-bond acceptors (Lipinski definition) is 6. The number of nitrogens with zero attached hydrogens (tertiary/aromatic N) is 3. The van der Waals surface area contributed by atoms with Gasteiger partial charge < -0.3 is 5.32 Å². The normalized spacial score (nSPS) is 10.8. The smallest absolute Gasteiger partial charge is 0.206 e. The second-order valence-corrected chi connectivity index (χ2v) is 5.78. The zero-order valence-electron chi connectivity index (χ0n) is 10.3. The molecule has 0 aliphatic carbocycles. The van der Waals surface area contributed by atoms with Crippen LogP contribution in [0.25, 0.3) is 9.88 Å². The summed E-state index contributed by atoms with van der Waals surface area (Å²) in [5, 5.41) is 14.6. The molecule has 0 aromatic carbocycles. The summed E-state index contributed by atoms with van der Waals surface area (Å²) in [6.07, 6.45) is 2.18. The topological polar surface area (TPSA) is 50.7 Å². The van der Waals surface area contributed by atoms with E-state index in [1.54, 1.807) is 22.7 Å². The van der Waals surface area contributed by atoms with Gasteiger partial charge >= 0.3 is 0 Å². The summed E-state index contributed by atoms with van der Waals surface area (Å²) >= 11 is 3.33. The summed E-state index contributed by atoms with van der Waals surface area (Å²) in [6, 6.07) is 0. The quantitative estimate of drug-likeness (QED) is 0.903. The molecule has 2 aromatic rings. The van der Waals surface area contributed by atoms with E-state index in [9.17, 15) is 0 Å². The standard InChI is InChI=1S/C11H16N4S2/c1-4-6-8-13-7(3)9(16-8)10-14-15-11(17-10)12-5-2/h4-6H2,1-3H3,(H,12,15). The average Bonchev–Trinajstić information content (AvgIpc) is 2.87. The maximum atomic E-state index is 4.57. The zero-order chi connectivity index (χ0) is 12.3. The lowest BCUT2D eigenvalue weighted by Crippen LogP contribution is -1.94. The van der Waals surface area contributed by atoms with Crippen LogP contribution in [-0.2, 0) is 6.42 Å². The van der Waals surface area contributed by atoms with Crippen molar-refractivity contribution in [1.82, 2.24) is 15.2 Å². The molecule has 0 fully saturated rings. The van der Waals surface area contributed by atoms with Crippen LogP contribution in [0.4, 0.5) is 5.13 Å². The fraction of sp³-hybridized carbons (Fsp3) is 0.545. The summed E-state index contributed by atoms with van der Waals surface area (Å²) in [6.45, 7) is 7.14. The molecule has 0 aliphatic heterocycles. The molecule has 0 spiro atoms. The van der Waals surface area contributed by atoms with Crippen LogP contribution in [0.1, 0.15) is 31.0 Å². The van der Waals surface area contributed by atoms with Gasteiger partial charge in [0, 0.05) is 6.54 Å². The molecular weight excluding hydrogens is 252 g/mol. The van der Waals surface area contributed by atoms with Gasteiger partial charge in [-0.05, 0) is 26.7 Å². The second-order valence-electron chi connectivity index (χ2n) is 3.71.